The van der Waals surface area contributed by atoms with Gasteiger partial charge in [0.25, 0.3) is 5.91 Å². The summed E-state index contributed by atoms with van der Waals surface area (Å²) in [5.41, 5.74) is 0.997. The molecule has 0 spiro atoms. The molecule has 1 aromatic rings. The summed E-state index contributed by atoms with van der Waals surface area (Å²) in [7, 11) is -3.80. The van der Waals surface area contributed by atoms with Crippen LogP contribution in [0.15, 0.2) is 23.8 Å². The van der Waals surface area contributed by atoms with E-state index in [0.29, 0.717) is 18.4 Å². The largest absolute Gasteiger partial charge is 0.488 e. The van der Waals surface area contributed by atoms with Crippen molar-refractivity contribution in [2.75, 3.05) is 12.9 Å². The van der Waals surface area contributed by atoms with Crippen LogP contribution < -0.4 is 9.46 Å². The molecule has 3 aliphatic rings. The van der Waals surface area contributed by atoms with Gasteiger partial charge in [0.1, 0.15) is 18.2 Å². The fraction of sp³-hybridized carbons (Fsp3) is 0.500. The summed E-state index contributed by atoms with van der Waals surface area (Å²) < 4.78 is 43.9. The van der Waals surface area contributed by atoms with E-state index in [2.05, 4.69) is 19.9 Å². The first-order valence-electron chi connectivity index (χ1n) is 8.32. The summed E-state index contributed by atoms with van der Waals surface area (Å²) in [4.78, 5) is 11.8. The van der Waals surface area contributed by atoms with Gasteiger partial charge in [-0.3, -0.25) is 4.79 Å². The minimum Gasteiger partial charge on any atom is -0.488 e. The molecule has 0 unspecified atom stereocenters. The standard InChI is InChI=1S/C18H21ClFNO4S/c1-18(2)11-5-4-10(13(18)6-11)9-25-16-8-15(20)12(7-14(16)19)17(22)21-26(3,23)24/h4,7-8,11,13H,5-6,9H2,1-3H3,(H,21,22)/t11-,13-/m0/s1. The molecule has 2 atom stereocenters. The number of hydrogen-bond donors (Lipinski definition) is 1. The molecule has 1 amide bonds. The Morgan fingerprint density at radius 2 is 2.12 bits per heavy atom. The number of halogens is 2. The van der Waals surface area contributed by atoms with Gasteiger partial charge in [0.05, 0.1) is 16.8 Å². The van der Waals surface area contributed by atoms with Crippen LogP contribution >= 0.6 is 11.6 Å². The maximum absolute atomic E-state index is 14.2. The highest BCUT2D eigenvalue weighted by Crippen LogP contribution is 2.59. The Morgan fingerprint density at radius 1 is 1.42 bits per heavy atom. The lowest BCUT2D eigenvalue weighted by Crippen LogP contribution is -2.48. The molecular formula is C18H21ClFNO4S. The number of allylic oxidation sites excluding steroid dienone is 1. The van der Waals surface area contributed by atoms with E-state index in [9.17, 15) is 17.6 Å². The van der Waals surface area contributed by atoms with Crippen molar-refractivity contribution in [3.63, 3.8) is 0 Å². The first-order valence-corrected chi connectivity index (χ1v) is 10.6. The molecule has 1 aromatic carbocycles. The van der Waals surface area contributed by atoms with E-state index in [1.165, 1.54) is 5.57 Å². The fourth-order valence-corrected chi connectivity index (χ4v) is 4.50. The lowest BCUT2D eigenvalue weighted by Gasteiger charge is -2.56. The van der Waals surface area contributed by atoms with Gasteiger partial charge in [-0.15, -0.1) is 0 Å². The van der Waals surface area contributed by atoms with E-state index < -0.39 is 27.3 Å². The second-order valence-corrected chi connectivity index (χ2v) is 9.73. The van der Waals surface area contributed by atoms with Crippen molar-refractivity contribution in [3.8, 4) is 5.75 Å². The highest BCUT2D eigenvalue weighted by atomic mass is 35.5. The maximum atomic E-state index is 14.2. The second-order valence-electron chi connectivity index (χ2n) is 7.58. The number of hydrogen-bond acceptors (Lipinski definition) is 4. The number of carbonyl (C=O) groups is 1. The van der Waals surface area contributed by atoms with Crippen LogP contribution in [0, 0.1) is 23.1 Å². The zero-order chi connectivity index (χ0) is 19.3. The number of benzene rings is 1. The van der Waals surface area contributed by atoms with Crippen LogP contribution in [0.2, 0.25) is 5.02 Å². The van der Waals surface area contributed by atoms with Gasteiger partial charge < -0.3 is 4.74 Å². The predicted octanol–water partition coefficient (Wildman–Crippen LogP) is 3.54. The molecule has 5 nitrogen and oxygen atoms in total. The van der Waals surface area contributed by atoms with E-state index in [0.717, 1.165) is 31.2 Å². The summed E-state index contributed by atoms with van der Waals surface area (Å²) in [6, 6.07) is 2.09. The summed E-state index contributed by atoms with van der Waals surface area (Å²) >= 11 is 6.10. The van der Waals surface area contributed by atoms with Crippen LogP contribution in [0.1, 0.15) is 37.0 Å². The minimum atomic E-state index is -3.80. The van der Waals surface area contributed by atoms with E-state index in [1.54, 1.807) is 4.72 Å². The van der Waals surface area contributed by atoms with Gasteiger partial charge in [0, 0.05) is 6.07 Å². The summed E-state index contributed by atoms with van der Waals surface area (Å²) in [5.74, 6) is -0.669. The third kappa shape index (κ3) is 3.60. The highest BCUT2D eigenvalue weighted by Gasteiger charge is 2.51. The number of sulfonamides is 1. The number of carbonyl (C=O) groups excluding carboxylic acids is 1. The topological polar surface area (TPSA) is 72.5 Å². The summed E-state index contributed by atoms with van der Waals surface area (Å²) in [6.07, 6.45) is 5.17. The maximum Gasteiger partial charge on any atom is 0.267 e. The first kappa shape index (κ1) is 19.2. The Balaban J connectivity index is 1.73. The van der Waals surface area contributed by atoms with Crippen molar-refractivity contribution < 1.29 is 22.3 Å². The number of amides is 1. The molecule has 0 aromatic heterocycles. The van der Waals surface area contributed by atoms with Gasteiger partial charge in [-0.2, -0.15) is 0 Å². The van der Waals surface area contributed by atoms with Crippen molar-refractivity contribution in [2.45, 2.75) is 26.7 Å². The van der Waals surface area contributed by atoms with Crippen molar-refractivity contribution in [1.29, 1.82) is 0 Å². The van der Waals surface area contributed by atoms with Gasteiger partial charge >= 0.3 is 0 Å². The molecule has 0 heterocycles. The Kier molecular flexibility index (Phi) is 4.82. The Hall–Kier alpha value is -1.60. The molecule has 1 fully saturated rings. The van der Waals surface area contributed by atoms with Gasteiger partial charge in [-0.05, 0) is 41.7 Å². The van der Waals surface area contributed by atoms with Crippen LogP contribution in [0.3, 0.4) is 0 Å². The van der Waals surface area contributed by atoms with Crippen molar-refractivity contribution >= 4 is 27.5 Å². The number of ether oxygens (including phenoxy) is 1. The molecule has 26 heavy (non-hydrogen) atoms. The minimum absolute atomic E-state index is 0.0483. The lowest BCUT2D eigenvalue weighted by molar-refractivity contribution is -0.0115. The lowest BCUT2D eigenvalue weighted by atomic mass is 9.49. The van der Waals surface area contributed by atoms with Gasteiger partial charge in [0.15, 0.2) is 0 Å². The van der Waals surface area contributed by atoms with E-state index >= 15 is 0 Å². The highest BCUT2D eigenvalue weighted by molar-refractivity contribution is 7.89. The Bertz CT molecular complexity index is 895. The van der Waals surface area contributed by atoms with E-state index in [1.807, 2.05) is 0 Å². The Morgan fingerprint density at radius 3 is 2.69 bits per heavy atom. The second kappa shape index (κ2) is 6.53. The van der Waals surface area contributed by atoms with Gasteiger partial charge in [0.2, 0.25) is 10.0 Å². The van der Waals surface area contributed by atoms with Crippen LogP contribution in [0.5, 0.6) is 5.75 Å². The van der Waals surface area contributed by atoms with Gasteiger partial charge in [-0.25, -0.2) is 17.5 Å². The third-order valence-corrected chi connectivity index (χ3v) is 6.37. The molecular weight excluding hydrogens is 381 g/mol. The molecule has 0 radical (unpaired) electrons. The molecule has 3 aliphatic carbocycles. The molecule has 1 N–H and O–H groups in total. The third-order valence-electron chi connectivity index (χ3n) is 5.52. The zero-order valence-corrected chi connectivity index (χ0v) is 16.4. The van der Waals surface area contributed by atoms with Crippen LogP contribution in [0.4, 0.5) is 4.39 Å². The van der Waals surface area contributed by atoms with E-state index in [4.69, 9.17) is 16.3 Å². The van der Waals surface area contributed by atoms with Crippen molar-refractivity contribution in [2.24, 2.45) is 17.3 Å². The fourth-order valence-electron chi connectivity index (χ4n) is 3.84. The van der Waals surface area contributed by atoms with Gasteiger partial charge in [-0.1, -0.05) is 31.5 Å². The monoisotopic (exact) mass is 401 g/mol. The van der Waals surface area contributed by atoms with E-state index in [-0.39, 0.29) is 16.2 Å². The van der Waals surface area contributed by atoms with Crippen LogP contribution in [-0.2, 0) is 10.0 Å². The number of fused-ring (bicyclic) bond motifs is 1. The zero-order valence-electron chi connectivity index (χ0n) is 14.8. The normalized spacial score (nSPS) is 23.7. The Labute approximate surface area is 157 Å². The van der Waals surface area contributed by atoms with Crippen LogP contribution in [-0.4, -0.2) is 27.2 Å². The van der Waals surface area contributed by atoms with Crippen LogP contribution in [0.25, 0.3) is 0 Å². The average Bonchev–Trinajstić information content (AvgIpc) is 2.53. The predicted molar refractivity (Wildman–Crippen MR) is 97.3 cm³/mol. The average molecular weight is 402 g/mol. The smallest absolute Gasteiger partial charge is 0.267 e. The first-order chi connectivity index (χ1) is 12.0. The van der Waals surface area contributed by atoms with Crippen molar-refractivity contribution in [1.82, 2.24) is 4.72 Å². The quantitative estimate of drug-likeness (QED) is 0.766. The molecule has 0 aliphatic heterocycles. The molecule has 1 saturated carbocycles. The number of nitrogens with one attached hydrogen (secondary N) is 1. The molecule has 2 bridgehead atoms. The summed E-state index contributed by atoms with van der Waals surface area (Å²) in [6.45, 7) is 4.82. The van der Waals surface area contributed by atoms with Crippen molar-refractivity contribution in [3.05, 3.63) is 40.2 Å². The molecule has 142 valence electrons. The molecule has 0 saturated heterocycles. The SMILES string of the molecule is CC1(C)[C@H]2CC=C(COc3cc(F)c(C(=O)NS(C)(=O)=O)cc3Cl)[C@@H]1C2. The molecule has 4 rings (SSSR count). The number of rotatable bonds is 5. The molecule has 8 heteroatoms. The summed E-state index contributed by atoms with van der Waals surface area (Å²) in [5, 5.41) is 0.0483.